The molecular formula is C55H100O11. The van der Waals surface area contributed by atoms with Crippen molar-refractivity contribution in [2.24, 2.45) is 0 Å². The van der Waals surface area contributed by atoms with Gasteiger partial charge in [0.2, 0.25) is 0 Å². The lowest BCUT2D eigenvalue weighted by molar-refractivity contribution is -0.298. The van der Waals surface area contributed by atoms with Gasteiger partial charge in [0.25, 0.3) is 0 Å². The van der Waals surface area contributed by atoms with Crippen molar-refractivity contribution >= 4 is 17.9 Å². The van der Waals surface area contributed by atoms with Crippen molar-refractivity contribution in [1.29, 1.82) is 0 Å². The first-order valence-electron chi connectivity index (χ1n) is 27.4. The van der Waals surface area contributed by atoms with Crippen LogP contribution in [-0.2, 0) is 33.3 Å². The molecule has 4 N–H and O–H groups in total. The number of rotatable bonds is 47. The minimum Gasteiger partial charge on any atom is -0.479 e. The Morgan fingerprint density at radius 2 is 0.848 bits per heavy atom. The minimum absolute atomic E-state index is 0.186. The van der Waals surface area contributed by atoms with Crippen molar-refractivity contribution in [2.75, 3.05) is 13.2 Å². The molecule has 1 saturated heterocycles. The predicted octanol–water partition coefficient (Wildman–Crippen LogP) is 13.3. The van der Waals surface area contributed by atoms with Gasteiger partial charge in [0, 0.05) is 12.8 Å². The van der Waals surface area contributed by atoms with E-state index in [0.717, 1.165) is 51.4 Å². The van der Waals surface area contributed by atoms with Crippen molar-refractivity contribution in [3.63, 3.8) is 0 Å². The Labute approximate surface area is 402 Å². The second-order valence-corrected chi connectivity index (χ2v) is 19.1. The minimum atomic E-state index is -1.86. The van der Waals surface area contributed by atoms with Gasteiger partial charge in [-0.1, -0.05) is 224 Å². The Balaban J connectivity index is 2.26. The van der Waals surface area contributed by atoms with E-state index in [2.05, 4.69) is 38.2 Å². The van der Waals surface area contributed by atoms with Crippen LogP contribution in [0.15, 0.2) is 24.3 Å². The lowest BCUT2D eigenvalue weighted by atomic mass is 9.99. The first kappa shape index (κ1) is 61.7. The molecule has 0 aromatic carbocycles. The molecule has 66 heavy (non-hydrogen) atoms. The summed E-state index contributed by atoms with van der Waals surface area (Å²) in [6, 6.07) is 0. The topological polar surface area (TPSA) is 169 Å². The zero-order valence-electron chi connectivity index (χ0n) is 42.2. The SMILES string of the molecule is CCCCCC/C=C\C/C=C\CCCCCCCCCC(=O)OCC(COC1OC(C(=O)O)C(O)C(O)C1O)OC(=O)CCCCCCCCCCCCCCCCCCCCCCCC. The van der Waals surface area contributed by atoms with E-state index >= 15 is 0 Å². The molecule has 11 nitrogen and oxygen atoms in total. The molecule has 6 atom stereocenters. The Morgan fingerprint density at radius 1 is 0.470 bits per heavy atom. The van der Waals surface area contributed by atoms with Gasteiger partial charge in [-0.2, -0.15) is 0 Å². The van der Waals surface area contributed by atoms with Crippen LogP contribution in [-0.4, -0.2) is 88.4 Å². The molecule has 0 aromatic rings. The molecule has 0 bridgehead atoms. The van der Waals surface area contributed by atoms with Crippen molar-refractivity contribution in [1.82, 2.24) is 0 Å². The zero-order valence-corrected chi connectivity index (χ0v) is 42.2. The maximum absolute atomic E-state index is 12.9. The molecule has 1 aliphatic rings. The number of unbranched alkanes of at least 4 members (excludes halogenated alkanes) is 32. The highest BCUT2D eigenvalue weighted by atomic mass is 16.7. The van der Waals surface area contributed by atoms with Gasteiger partial charge in [-0.05, 0) is 44.9 Å². The Bertz CT molecular complexity index is 1190. The van der Waals surface area contributed by atoms with E-state index in [1.807, 2.05) is 0 Å². The largest absolute Gasteiger partial charge is 0.479 e. The average molecular weight is 937 g/mol. The van der Waals surface area contributed by atoms with Gasteiger partial charge in [-0.3, -0.25) is 9.59 Å². The van der Waals surface area contributed by atoms with Gasteiger partial charge in [-0.25, -0.2) is 4.79 Å². The first-order valence-corrected chi connectivity index (χ1v) is 27.4. The van der Waals surface area contributed by atoms with E-state index in [0.29, 0.717) is 12.8 Å². The molecule has 386 valence electrons. The molecule has 1 heterocycles. The fourth-order valence-corrected chi connectivity index (χ4v) is 8.50. The van der Waals surface area contributed by atoms with Gasteiger partial charge in [-0.15, -0.1) is 0 Å². The van der Waals surface area contributed by atoms with Crippen molar-refractivity contribution < 1.29 is 53.8 Å². The molecule has 6 unspecified atom stereocenters. The number of allylic oxidation sites excluding steroid dienone is 4. The molecule has 0 radical (unpaired) electrons. The summed E-state index contributed by atoms with van der Waals surface area (Å²) in [7, 11) is 0. The maximum Gasteiger partial charge on any atom is 0.335 e. The number of ether oxygens (including phenoxy) is 4. The lowest BCUT2D eigenvalue weighted by Crippen LogP contribution is -2.60. The molecule has 1 fully saturated rings. The van der Waals surface area contributed by atoms with Gasteiger partial charge >= 0.3 is 17.9 Å². The number of aliphatic hydroxyl groups excluding tert-OH is 3. The predicted molar refractivity (Wildman–Crippen MR) is 266 cm³/mol. The number of hydrogen-bond acceptors (Lipinski definition) is 10. The van der Waals surface area contributed by atoms with E-state index in [1.54, 1.807) is 0 Å². The standard InChI is InChI=1S/C55H100O11/c1-3-5-7-9-11-13-15-17-19-21-23-24-25-26-28-30-32-34-36-38-40-42-44-49(57)65-47(46-64-55-52(60)50(58)51(59)53(66-55)54(61)62)45-63-48(56)43-41-39-37-35-33-31-29-27-22-20-18-16-14-12-10-8-6-4-2/h14,16,20,22,47,50-53,55,58-60H,3-13,15,17-19,21,23-46H2,1-2H3,(H,61,62)/b16-14-,22-20-. The molecule has 0 aromatic heterocycles. The highest BCUT2D eigenvalue weighted by Crippen LogP contribution is 2.23. The molecule has 0 saturated carbocycles. The molecule has 11 heteroatoms. The van der Waals surface area contributed by atoms with Crippen LogP contribution < -0.4 is 0 Å². The fourth-order valence-electron chi connectivity index (χ4n) is 8.50. The van der Waals surface area contributed by atoms with Crippen molar-refractivity contribution in [3.8, 4) is 0 Å². The van der Waals surface area contributed by atoms with E-state index in [4.69, 9.17) is 18.9 Å². The van der Waals surface area contributed by atoms with E-state index in [9.17, 15) is 34.8 Å². The highest BCUT2D eigenvalue weighted by molar-refractivity contribution is 5.73. The molecule has 0 spiro atoms. The lowest BCUT2D eigenvalue weighted by Gasteiger charge is -2.38. The number of carbonyl (C=O) groups is 3. The summed E-state index contributed by atoms with van der Waals surface area (Å²) < 4.78 is 21.9. The smallest absolute Gasteiger partial charge is 0.335 e. The van der Waals surface area contributed by atoms with Gasteiger partial charge in [0.15, 0.2) is 18.5 Å². The third-order valence-corrected chi connectivity index (χ3v) is 12.8. The molecular weight excluding hydrogens is 837 g/mol. The summed E-state index contributed by atoms with van der Waals surface area (Å²) >= 11 is 0. The first-order chi connectivity index (χ1) is 32.2. The molecule has 0 amide bonds. The summed E-state index contributed by atoms with van der Waals surface area (Å²) in [5.41, 5.74) is 0. The monoisotopic (exact) mass is 937 g/mol. The third kappa shape index (κ3) is 35.8. The van der Waals surface area contributed by atoms with Crippen molar-refractivity contribution in [3.05, 3.63) is 24.3 Å². The second kappa shape index (κ2) is 45.2. The highest BCUT2D eigenvalue weighted by Gasteiger charge is 2.47. The van der Waals surface area contributed by atoms with Crippen LogP contribution in [0.4, 0.5) is 0 Å². The average Bonchev–Trinajstić information content (AvgIpc) is 3.30. The van der Waals surface area contributed by atoms with Crippen molar-refractivity contribution in [2.45, 2.75) is 295 Å². The Hall–Kier alpha value is -2.31. The summed E-state index contributed by atoms with van der Waals surface area (Å²) in [5.74, 6) is -2.44. The summed E-state index contributed by atoms with van der Waals surface area (Å²) in [6.45, 7) is 3.84. The Kier molecular flexibility index (Phi) is 42.2. The molecule has 1 rings (SSSR count). The van der Waals surface area contributed by atoms with E-state index in [-0.39, 0.29) is 26.1 Å². The second-order valence-electron chi connectivity index (χ2n) is 19.1. The van der Waals surface area contributed by atoms with E-state index in [1.165, 1.54) is 167 Å². The number of hydrogen-bond donors (Lipinski definition) is 4. The summed E-state index contributed by atoms with van der Waals surface area (Å²) in [5, 5.41) is 40.0. The number of carbonyl (C=O) groups excluding carboxylic acids is 2. The molecule has 0 aliphatic carbocycles. The maximum atomic E-state index is 12.9. The van der Waals surface area contributed by atoms with Crippen LogP contribution in [0.5, 0.6) is 0 Å². The fraction of sp³-hybridized carbons (Fsp3) is 0.873. The van der Waals surface area contributed by atoms with Gasteiger partial charge in [0.1, 0.15) is 24.9 Å². The van der Waals surface area contributed by atoms with Gasteiger partial charge in [0.05, 0.1) is 6.61 Å². The quantitative estimate of drug-likeness (QED) is 0.0260. The summed E-state index contributed by atoms with van der Waals surface area (Å²) in [6.07, 6.45) is 43.7. The van der Waals surface area contributed by atoms with Crippen LogP contribution in [0.2, 0.25) is 0 Å². The normalized spacial score (nSPS) is 19.2. The molecule has 1 aliphatic heterocycles. The number of esters is 2. The number of carboxylic acid groups (broad SMARTS) is 1. The number of aliphatic carboxylic acids is 1. The van der Waals surface area contributed by atoms with Crippen LogP contribution >= 0.6 is 0 Å². The van der Waals surface area contributed by atoms with Crippen LogP contribution in [0.1, 0.15) is 258 Å². The number of aliphatic hydroxyl groups is 3. The van der Waals surface area contributed by atoms with E-state index < -0.39 is 54.7 Å². The summed E-state index contributed by atoms with van der Waals surface area (Å²) in [4.78, 5) is 37.0. The third-order valence-electron chi connectivity index (χ3n) is 12.8. The van der Waals surface area contributed by atoms with Gasteiger partial charge < -0.3 is 39.4 Å². The number of carboxylic acids is 1. The van der Waals surface area contributed by atoms with Crippen LogP contribution in [0.25, 0.3) is 0 Å². The van der Waals surface area contributed by atoms with Crippen LogP contribution in [0, 0.1) is 0 Å². The Morgan fingerprint density at radius 3 is 1.27 bits per heavy atom. The zero-order chi connectivity index (χ0) is 48.1. The van der Waals surface area contributed by atoms with Crippen LogP contribution in [0.3, 0.4) is 0 Å².